The van der Waals surface area contributed by atoms with E-state index in [0.29, 0.717) is 12.5 Å². The maximum Gasteiger partial charge on any atom is 0.334 e. The molecule has 5 aromatic carbocycles. The summed E-state index contributed by atoms with van der Waals surface area (Å²) in [6.45, 7) is 2.89. The highest BCUT2D eigenvalue weighted by Crippen LogP contribution is 2.40. The number of rotatable bonds is 10. The monoisotopic (exact) mass is 653 g/mol. The van der Waals surface area contributed by atoms with Gasteiger partial charge >= 0.3 is 5.82 Å². The summed E-state index contributed by atoms with van der Waals surface area (Å²) in [7, 11) is 0. The summed E-state index contributed by atoms with van der Waals surface area (Å²) in [6.07, 6.45) is 5.50. The molecule has 1 saturated carbocycles. The molecule has 0 atom stereocenters. The molecule has 0 spiro atoms. The predicted molar refractivity (Wildman–Crippen MR) is 193 cm³/mol. The van der Waals surface area contributed by atoms with Crippen LogP contribution < -0.4 is 4.68 Å². The molecule has 0 unspecified atom stereocenters. The molecule has 50 heavy (non-hydrogen) atoms. The largest absolute Gasteiger partial charge is 0.334 e. The third kappa shape index (κ3) is 5.03. The predicted octanol–water partition coefficient (Wildman–Crippen LogP) is 7.60. The van der Waals surface area contributed by atoms with Crippen LogP contribution in [0.1, 0.15) is 59.3 Å². The second kappa shape index (κ2) is 12.4. The SMILES string of the molecule is CCc1cn(Cc2ccc(-c3ccccc3-c3nn[nH][n+]3C(c3ccccc3)(c3ccccc3)c3ccccc3)cc2)n2nc(C3CC3)nc12. The van der Waals surface area contributed by atoms with Crippen molar-refractivity contribution < 1.29 is 4.68 Å². The topological polar surface area (TPSA) is 80.6 Å². The normalized spacial score (nSPS) is 13.2. The van der Waals surface area contributed by atoms with Gasteiger partial charge in [0.1, 0.15) is 5.10 Å². The van der Waals surface area contributed by atoms with Crippen LogP contribution in [0.25, 0.3) is 28.2 Å². The van der Waals surface area contributed by atoms with Gasteiger partial charge in [0.15, 0.2) is 22.2 Å². The minimum absolute atomic E-state index is 0.522. The molecular weight excluding hydrogens is 617 g/mol. The molecule has 3 heterocycles. The minimum atomic E-state index is -0.778. The molecule has 0 saturated heterocycles. The molecule has 0 bridgehead atoms. The number of hydrogen-bond acceptors (Lipinski definition) is 4. The van der Waals surface area contributed by atoms with Crippen LogP contribution >= 0.6 is 0 Å². The van der Waals surface area contributed by atoms with Crippen LogP contribution in [0, 0.1) is 0 Å². The van der Waals surface area contributed by atoms with Crippen molar-refractivity contribution in [3.8, 4) is 22.5 Å². The van der Waals surface area contributed by atoms with Crippen LogP contribution in [0.2, 0.25) is 0 Å². The van der Waals surface area contributed by atoms with Gasteiger partial charge in [-0.25, -0.2) is 4.98 Å². The van der Waals surface area contributed by atoms with E-state index in [2.05, 4.69) is 172 Å². The van der Waals surface area contributed by atoms with Gasteiger partial charge in [0.2, 0.25) is 0 Å². The fraction of sp³-hybridized carbons (Fsp3) is 0.167. The number of tetrazole rings is 1. The fourth-order valence-corrected chi connectivity index (χ4v) is 7.31. The van der Waals surface area contributed by atoms with Crippen LogP contribution in [0.15, 0.2) is 146 Å². The maximum absolute atomic E-state index is 4.89. The number of hydrogen-bond donors (Lipinski definition) is 1. The molecule has 9 rings (SSSR count). The molecule has 0 radical (unpaired) electrons. The van der Waals surface area contributed by atoms with Crippen LogP contribution in [-0.4, -0.2) is 34.9 Å². The number of aryl methyl sites for hydroxylation is 1. The van der Waals surface area contributed by atoms with E-state index in [0.717, 1.165) is 57.1 Å². The van der Waals surface area contributed by atoms with Gasteiger partial charge in [-0.15, -0.1) is 9.78 Å². The second-order valence-electron chi connectivity index (χ2n) is 13.1. The van der Waals surface area contributed by atoms with E-state index in [1.807, 2.05) is 4.63 Å². The van der Waals surface area contributed by atoms with Crippen molar-refractivity contribution in [2.24, 2.45) is 0 Å². The van der Waals surface area contributed by atoms with Gasteiger partial charge in [-0.3, -0.25) is 4.68 Å². The van der Waals surface area contributed by atoms with Crippen molar-refractivity contribution in [2.45, 2.75) is 44.2 Å². The lowest BCUT2D eigenvalue weighted by molar-refractivity contribution is -0.779. The number of nitrogens with zero attached hydrogens (tertiary/aromatic N) is 7. The van der Waals surface area contributed by atoms with Gasteiger partial charge in [0.05, 0.1) is 12.1 Å². The van der Waals surface area contributed by atoms with Crippen LogP contribution in [0.3, 0.4) is 0 Å². The Labute approximate surface area is 290 Å². The minimum Gasteiger partial charge on any atom is -0.266 e. The quantitative estimate of drug-likeness (QED) is 0.122. The van der Waals surface area contributed by atoms with Crippen molar-refractivity contribution in [1.29, 1.82) is 0 Å². The Morgan fingerprint density at radius 1 is 0.720 bits per heavy atom. The number of benzene rings is 5. The van der Waals surface area contributed by atoms with Gasteiger partial charge in [0.25, 0.3) is 0 Å². The standard InChI is InChI=1S/C42H36N8/c1-2-31-29-48(50-40(31)43-39(45-50)33-26-27-33)28-30-22-24-32(25-23-30)37-20-12-13-21-38(37)41-44-46-47-49(41)42(34-14-6-3-7-15-34,35-16-8-4-9-17-35)36-18-10-5-11-19-36/h3-25,29,33H,2,26-28H2,1H3/p+1. The average molecular weight is 654 g/mol. The van der Waals surface area contributed by atoms with Crippen LogP contribution in [0.5, 0.6) is 0 Å². The van der Waals surface area contributed by atoms with Crippen molar-refractivity contribution in [2.75, 3.05) is 0 Å². The van der Waals surface area contributed by atoms with Crippen LogP contribution in [0.4, 0.5) is 0 Å². The summed E-state index contributed by atoms with van der Waals surface area (Å²) in [5, 5.41) is 17.5. The smallest absolute Gasteiger partial charge is 0.266 e. The fourth-order valence-electron chi connectivity index (χ4n) is 7.31. The molecule has 0 aliphatic heterocycles. The molecule has 8 nitrogen and oxygen atoms in total. The number of aromatic amines is 1. The first-order valence-corrected chi connectivity index (χ1v) is 17.4. The molecule has 8 heteroatoms. The lowest BCUT2D eigenvalue weighted by Crippen LogP contribution is -2.61. The first kappa shape index (κ1) is 29.9. The molecular formula is C42H37N8+. The summed E-state index contributed by atoms with van der Waals surface area (Å²) >= 11 is 0. The highest BCUT2D eigenvalue weighted by Gasteiger charge is 2.46. The lowest BCUT2D eigenvalue weighted by Gasteiger charge is -2.33. The molecule has 1 fully saturated rings. The molecule has 0 amide bonds. The van der Waals surface area contributed by atoms with Gasteiger partial charge in [-0.2, -0.15) is 4.63 Å². The third-order valence-electron chi connectivity index (χ3n) is 9.95. The van der Waals surface area contributed by atoms with Gasteiger partial charge < -0.3 is 0 Å². The lowest BCUT2D eigenvalue weighted by atomic mass is 9.77. The highest BCUT2D eigenvalue weighted by atomic mass is 15.6. The first-order chi connectivity index (χ1) is 24.7. The second-order valence-corrected chi connectivity index (χ2v) is 13.1. The van der Waals surface area contributed by atoms with Gasteiger partial charge in [-0.1, -0.05) is 146 Å². The van der Waals surface area contributed by atoms with Crippen molar-refractivity contribution in [1.82, 2.24) is 34.9 Å². The third-order valence-corrected chi connectivity index (χ3v) is 9.95. The maximum atomic E-state index is 4.89. The van der Waals surface area contributed by atoms with E-state index in [-0.39, 0.29) is 0 Å². The van der Waals surface area contributed by atoms with Gasteiger partial charge in [0, 0.05) is 34.4 Å². The molecule has 1 aliphatic rings. The van der Waals surface area contributed by atoms with E-state index in [9.17, 15) is 0 Å². The summed E-state index contributed by atoms with van der Waals surface area (Å²) < 4.78 is 6.30. The molecule has 1 N–H and O–H groups in total. The van der Waals surface area contributed by atoms with E-state index >= 15 is 0 Å². The summed E-state index contributed by atoms with van der Waals surface area (Å²) in [5.41, 5.74) is 9.08. The first-order valence-electron chi connectivity index (χ1n) is 17.4. The Morgan fingerprint density at radius 3 is 1.88 bits per heavy atom. The molecule has 1 aliphatic carbocycles. The Kier molecular flexibility index (Phi) is 7.42. The molecule has 3 aromatic heterocycles. The molecule has 244 valence electrons. The Morgan fingerprint density at radius 2 is 1.30 bits per heavy atom. The number of fused-ring (bicyclic) bond motifs is 1. The summed E-state index contributed by atoms with van der Waals surface area (Å²) in [5.74, 6) is 2.24. The Balaban J connectivity index is 1.13. The Hall–Kier alpha value is -6.15. The zero-order chi connectivity index (χ0) is 33.5. The number of nitrogens with one attached hydrogen (secondary N) is 1. The van der Waals surface area contributed by atoms with Gasteiger partial charge in [-0.05, 0) is 42.0 Å². The van der Waals surface area contributed by atoms with Crippen molar-refractivity contribution in [3.63, 3.8) is 0 Å². The van der Waals surface area contributed by atoms with Crippen LogP contribution in [-0.2, 0) is 18.5 Å². The number of H-pyrrole nitrogens is 1. The number of aromatic nitrogens is 8. The Bertz CT molecular complexity index is 2290. The van der Waals surface area contributed by atoms with E-state index in [4.69, 9.17) is 15.2 Å². The summed E-state index contributed by atoms with van der Waals surface area (Å²) in [6, 6.07) is 49.0. The molecule has 8 aromatic rings. The zero-order valence-electron chi connectivity index (χ0n) is 27.9. The van der Waals surface area contributed by atoms with E-state index in [1.165, 1.54) is 24.0 Å². The zero-order valence-corrected chi connectivity index (χ0v) is 27.9. The average Bonchev–Trinajstić information content (AvgIpc) is 3.60. The van der Waals surface area contributed by atoms with Crippen molar-refractivity contribution >= 4 is 5.65 Å². The van der Waals surface area contributed by atoms with E-state index < -0.39 is 5.54 Å². The summed E-state index contributed by atoms with van der Waals surface area (Å²) in [4.78, 5) is 4.89. The highest BCUT2D eigenvalue weighted by molar-refractivity contribution is 5.79. The van der Waals surface area contributed by atoms with E-state index in [1.54, 1.807) is 0 Å². The van der Waals surface area contributed by atoms with Crippen molar-refractivity contribution in [3.05, 3.63) is 179 Å².